The van der Waals surface area contributed by atoms with Crippen LogP contribution in [0.2, 0.25) is 0 Å². The van der Waals surface area contributed by atoms with Crippen molar-refractivity contribution in [3.63, 3.8) is 0 Å². The fourth-order valence-electron chi connectivity index (χ4n) is 1.78. The SMILES string of the molecule is Cc1ccc(C(=O)O)cc1NC(=O)c1ccc(Br)cc1O. The maximum atomic E-state index is 12.1. The van der Waals surface area contributed by atoms with Crippen molar-refractivity contribution < 1.29 is 19.8 Å². The largest absolute Gasteiger partial charge is 0.507 e. The third-order valence-corrected chi connectivity index (χ3v) is 3.43. The number of carbonyl (C=O) groups is 2. The van der Waals surface area contributed by atoms with Crippen LogP contribution >= 0.6 is 15.9 Å². The number of carbonyl (C=O) groups excluding carboxylic acids is 1. The van der Waals surface area contributed by atoms with Gasteiger partial charge in [0.05, 0.1) is 11.1 Å². The van der Waals surface area contributed by atoms with Crippen LogP contribution in [0.15, 0.2) is 40.9 Å². The first-order chi connectivity index (χ1) is 9.88. The molecule has 108 valence electrons. The Morgan fingerprint density at radius 3 is 2.48 bits per heavy atom. The number of hydrogen-bond donors (Lipinski definition) is 3. The van der Waals surface area contributed by atoms with Crippen LogP contribution in [0.25, 0.3) is 0 Å². The number of carboxylic acids is 1. The Kier molecular flexibility index (Phi) is 4.28. The van der Waals surface area contributed by atoms with E-state index in [-0.39, 0.29) is 16.9 Å². The topological polar surface area (TPSA) is 86.6 Å². The van der Waals surface area contributed by atoms with Crippen molar-refractivity contribution in [3.05, 3.63) is 57.6 Å². The smallest absolute Gasteiger partial charge is 0.335 e. The molecule has 0 heterocycles. The zero-order chi connectivity index (χ0) is 15.6. The molecule has 0 spiro atoms. The quantitative estimate of drug-likeness (QED) is 0.792. The molecule has 2 rings (SSSR count). The number of aromatic hydroxyl groups is 1. The normalized spacial score (nSPS) is 10.2. The summed E-state index contributed by atoms with van der Waals surface area (Å²) < 4.78 is 0.653. The number of phenols is 1. The molecule has 6 heteroatoms. The highest BCUT2D eigenvalue weighted by molar-refractivity contribution is 9.10. The second-order valence-electron chi connectivity index (χ2n) is 4.45. The minimum atomic E-state index is -1.07. The van der Waals surface area contributed by atoms with E-state index < -0.39 is 11.9 Å². The lowest BCUT2D eigenvalue weighted by Crippen LogP contribution is -2.13. The van der Waals surface area contributed by atoms with Gasteiger partial charge in [-0.2, -0.15) is 0 Å². The average molecular weight is 350 g/mol. The summed E-state index contributed by atoms with van der Waals surface area (Å²) >= 11 is 3.19. The van der Waals surface area contributed by atoms with E-state index in [1.165, 1.54) is 24.3 Å². The molecule has 0 aromatic heterocycles. The van der Waals surface area contributed by atoms with Crippen LogP contribution in [-0.2, 0) is 0 Å². The van der Waals surface area contributed by atoms with Gasteiger partial charge in [-0.25, -0.2) is 4.79 Å². The first-order valence-electron chi connectivity index (χ1n) is 6.02. The number of rotatable bonds is 3. The second kappa shape index (κ2) is 5.97. The van der Waals surface area contributed by atoms with Crippen LogP contribution in [0, 0.1) is 6.92 Å². The molecule has 0 saturated carbocycles. The highest BCUT2D eigenvalue weighted by atomic mass is 79.9. The van der Waals surface area contributed by atoms with E-state index in [9.17, 15) is 14.7 Å². The second-order valence-corrected chi connectivity index (χ2v) is 5.37. The molecule has 0 atom stereocenters. The average Bonchev–Trinajstić information content (AvgIpc) is 2.40. The number of aromatic carboxylic acids is 1. The summed E-state index contributed by atoms with van der Waals surface area (Å²) in [6.07, 6.45) is 0. The van der Waals surface area contributed by atoms with Crippen LogP contribution in [0.3, 0.4) is 0 Å². The number of benzene rings is 2. The Morgan fingerprint density at radius 1 is 1.14 bits per heavy atom. The van der Waals surface area contributed by atoms with E-state index in [4.69, 9.17) is 5.11 Å². The summed E-state index contributed by atoms with van der Waals surface area (Å²) in [6, 6.07) is 8.98. The molecule has 1 amide bonds. The summed E-state index contributed by atoms with van der Waals surface area (Å²) in [4.78, 5) is 23.1. The zero-order valence-electron chi connectivity index (χ0n) is 11.1. The Labute approximate surface area is 129 Å². The van der Waals surface area contributed by atoms with Gasteiger partial charge < -0.3 is 15.5 Å². The highest BCUT2D eigenvalue weighted by Crippen LogP contribution is 2.24. The van der Waals surface area contributed by atoms with Gasteiger partial charge in [-0.05, 0) is 42.8 Å². The number of nitrogens with one attached hydrogen (secondary N) is 1. The molecule has 0 fully saturated rings. The van der Waals surface area contributed by atoms with E-state index in [1.54, 1.807) is 19.1 Å². The molecule has 0 aliphatic rings. The molecule has 0 radical (unpaired) electrons. The predicted molar refractivity (Wildman–Crippen MR) is 81.9 cm³/mol. The van der Waals surface area contributed by atoms with Crippen LogP contribution in [-0.4, -0.2) is 22.1 Å². The van der Waals surface area contributed by atoms with E-state index in [0.717, 1.165) is 5.56 Å². The molecular weight excluding hydrogens is 338 g/mol. The van der Waals surface area contributed by atoms with Gasteiger partial charge in [-0.15, -0.1) is 0 Å². The number of phenolic OH excluding ortho intramolecular Hbond substituents is 1. The molecule has 21 heavy (non-hydrogen) atoms. The van der Waals surface area contributed by atoms with Crippen molar-refractivity contribution in [1.29, 1.82) is 0 Å². The third kappa shape index (κ3) is 3.41. The van der Waals surface area contributed by atoms with Gasteiger partial charge in [-0.1, -0.05) is 22.0 Å². The van der Waals surface area contributed by atoms with Gasteiger partial charge >= 0.3 is 5.97 Å². The minimum Gasteiger partial charge on any atom is -0.507 e. The van der Waals surface area contributed by atoms with Crippen molar-refractivity contribution in [1.82, 2.24) is 0 Å². The molecule has 2 aromatic carbocycles. The molecule has 2 aromatic rings. The Bertz CT molecular complexity index is 728. The summed E-state index contributed by atoms with van der Waals surface area (Å²) in [5.41, 5.74) is 1.31. The maximum Gasteiger partial charge on any atom is 0.335 e. The summed E-state index contributed by atoms with van der Waals surface area (Å²) in [5.74, 6) is -1.74. The van der Waals surface area contributed by atoms with Crippen LogP contribution in [0.5, 0.6) is 5.75 Å². The van der Waals surface area contributed by atoms with Crippen LogP contribution in [0.4, 0.5) is 5.69 Å². The number of anilines is 1. The predicted octanol–water partition coefficient (Wildman–Crippen LogP) is 3.41. The van der Waals surface area contributed by atoms with E-state index in [1.807, 2.05) is 0 Å². The van der Waals surface area contributed by atoms with Gasteiger partial charge in [0.25, 0.3) is 5.91 Å². The lowest BCUT2D eigenvalue weighted by atomic mass is 10.1. The lowest BCUT2D eigenvalue weighted by molar-refractivity contribution is 0.0696. The van der Waals surface area contributed by atoms with Gasteiger partial charge in [0, 0.05) is 10.2 Å². The highest BCUT2D eigenvalue weighted by Gasteiger charge is 2.14. The van der Waals surface area contributed by atoms with Crippen molar-refractivity contribution in [3.8, 4) is 5.75 Å². The summed E-state index contributed by atoms with van der Waals surface area (Å²) in [7, 11) is 0. The zero-order valence-corrected chi connectivity index (χ0v) is 12.6. The molecule has 0 saturated heterocycles. The number of halogens is 1. The Morgan fingerprint density at radius 2 is 1.86 bits per heavy atom. The molecule has 0 bridgehead atoms. The first-order valence-corrected chi connectivity index (χ1v) is 6.81. The van der Waals surface area contributed by atoms with Crippen molar-refractivity contribution in [2.45, 2.75) is 6.92 Å². The van der Waals surface area contributed by atoms with Crippen LogP contribution < -0.4 is 5.32 Å². The lowest BCUT2D eigenvalue weighted by Gasteiger charge is -2.10. The Balaban J connectivity index is 2.31. The van der Waals surface area contributed by atoms with Crippen molar-refractivity contribution in [2.24, 2.45) is 0 Å². The molecule has 0 aliphatic heterocycles. The molecule has 0 unspecified atom stereocenters. The van der Waals surface area contributed by atoms with E-state index in [0.29, 0.717) is 10.2 Å². The molecular formula is C15H12BrNO4. The standard InChI is InChI=1S/C15H12BrNO4/c1-8-2-3-9(15(20)21)6-12(8)17-14(19)11-5-4-10(16)7-13(11)18/h2-7,18H,1H3,(H,17,19)(H,20,21). The summed E-state index contributed by atoms with van der Waals surface area (Å²) in [6.45, 7) is 1.75. The minimum absolute atomic E-state index is 0.0796. The van der Waals surface area contributed by atoms with E-state index in [2.05, 4.69) is 21.2 Å². The van der Waals surface area contributed by atoms with Gasteiger partial charge in [0.2, 0.25) is 0 Å². The van der Waals surface area contributed by atoms with Crippen molar-refractivity contribution >= 4 is 33.5 Å². The fourth-order valence-corrected chi connectivity index (χ4v) is 2.13. The number of hydrogen-bond acceptors (Lipinski definition) is 3. The molecule has 0 aliphatic carbocycles. The molecule has 5 nitrogen and oxygen atoms in total. The number of aryl methyl sites for hydroxylation is 1. The van der Waals surface area contributed by atoms with Crippen LogP contribution in [0.1, 0.15) is 26.3 Å². The number of carboxylic acid groups (broad SMARTS) is 1. The number of amides is 1. The summed E-state index contributed by atoms with van der Waals surface area (Å²) in [5, 5.41) is 21.3. The van der Waals surface area contributed by atoms with Gasteiger partial charge in [-0.3, -0.25) is 4.79 Å². The Hall–Kier alpha value is -2.34. The third-order valence-electron chi connectivity index (χ3n) is 2.94. The van der Waals surface area contributed by atoms with E-state index >= 15 is 0 Å². The van der Waals surface area contributed by atoms with Gasteiger partial charge in [0.1, 0.15) is 5.75 Å². The monoisotopic (exact) mass is 349 g/mol. The fraction of sp³-hybridized carbons (Fsp3) is 0.0667. The maximum absolute atomic E-state index is 12.1. The molecule has 3 N–H and O–H groups in total. The van der Waals surface area contributed by atoms with Gasteiger partial charge in [0.15, 0.2) is 0 Å². The van der Waals surface area contributed by atoms with Crippen molar-refractivity contribution in [2.75, 3.05) is 5.32 Å². The first kappa shape index (κ1) is 15.1.